The number of nitro groups is 1. The molecule has 200 valence electrons. The van der Waals surface area contributed by atoms with Crippen molar-refractivity contribution in [1.82, 2.24) is 15.0 Å². The number of non-ortho nitro benzene ring substituents is 1. The normalized spacial score (nSPS) is 11.4. The molecule has 0 radical (unpaired) electrons. The van der Waals surface area contributed by atoms with Crippen LogP contribution in [0.2, 0.25) is 0 Å². The van der Waals surface area contributed by atoms with Crippen molar-refractivity contribution in [2.45, 2.75) is 39.7 Å². The number of aromatic nitrogens is 3. The van der Waals surface area contributed by atoms with Gasteiger partial charge in [0.15, 0.2) is 0 Å². The second-order valence-electron chi connectivity index (χ2n) is 8.82. The molecule has 0 saturated heterocycles. The average Bonchev–Trinajstić information content (AvgIpc) is 2.94. The number of hydrogen-bond acceptors (Lipinski definition) is 9. The summed E-state index contributed by atoms with van der Waals surface area (Å²) in [4.78, 5) is 36.8. The smallest absolute Gasteiger partial charge is 0.271 e. The predicted octanol–water partition coefficient (Wildman–Crippen LogP) is 5.83. The molecule has 39 heavy (non-hydrogen) atoms. The van der Waals surface area contributed by atoms with Gasteiger partial charge in [0.1, 0.15) is 6.04 Å². The number of carbonyl (C=O) groups is 1. The van der Waals surface area contributed by atoms with Crippen molar-refractivity contribution < 1.29 is 9.72 Å². The van der Waals surface area contributed by atoms with Crippen molar-refractivity contribution in [1.29, 1.82) is 0 Å². The van der Waals surface area contributed by atoms with Gasteiger partial charge in [0.2, 0.25) is 23.8 Å². The van der Waals surface area contributed by atoms with Crippen molar-refractivity contribution in [3.8, 4) is 0 Å². The number of carbonyl (C=O) groups excluding carboxylic acids is 1. The zero-order valence-corrected chi connectivity index (χ0v) is 21.9. The Morgan fingerprint density at radius 2 is 1.31 bits per heavy atom. The molecule has 0 aliphatic carbocycles. The van der Waals surface area contributed by atoms with Gasteiger partial charge in [-0.25, -0.2) is 0 Å². The summed E-state index contributed by atoms with van der Waals surface area (Å²) in [5, 5.41) is 23.1. The molecule has 4 rings (SSSR count). The van der Waals surface area contributed by atoms with E-state index >= 15 is 0 Å². The first-order valence-electron chi connectivity index (χ1n) is 12.6. The number of amides is 1. The van der Waals surface area contributed by atoms with Gasteiger partial charge in [-0.1, -0.05) is 44.2 Å². The number of hydrogen-bond donors (Lipinski definition) is 4. The predicted molar refractivity (Wildman–Crippen MR) is 153 cm³/mol. The summed E-state index contributed by atoms with van der Waals surface area (Å²) in [7, 11) is 0. The molecule has 1 atom stereocenters. The molecule has 0 fully saturated rings. The fourth-order valence-corrected chi connectivity index (χ4v) is 3.66. The lowest BCUT2D eigenvalue weighted by atomic mass is 10.1. The largest absolute Gasteiger partial charge is 0.342 e. The molecule has 4 N–H and O–H groups in total. The molecule has 0 spiro atoms. The maximum absolute atomic E-state index is 12.8. The maximum atomic E-state index is 12.8. The van der Waals surface area contributed by atoms with Crippen LogP contribution in [0.3, 0.4) is 0 Å². The lowest BCUT2D eigenvalue weighted by Crippen LogP contribution is -2.32. The number of nitrogens with one attached hydrogen (secondary N) is 4. The van der Waals surface area contributed by atoms with Crippen LogP contribution in [-0.2, 0) is 17.6 Å². The van der Waals surface area contributed by atoms with Crippen molar-refractivity contribution in [2.24, 2.45) is 0 Å². The summed E-state index contributed by atoms with van der Waals surface area (Å²) in [6.45, 7) is 5.82. The van der Waals surface area contributed by atoms with Crippen LogP contribution in [-0.4, -0.2) is 31.8 Å². The van der Waals surface area contributed by atoms with Crippen LogP contribution >= 0.6 is 0 Å². The third kappa shape index (κ3) is 7.48. The Morgan fingerprint density at radius 1 is 0.795 bits per heavy atom. The van der Waals surface area contributed by atoms with Gasteiger partial charge >= 0.3 is 0 Å². The van der Waals surface area contributed by atoms with Gasteiger partial charge in [0.25, 0.3) is 5.69 Å². The fraction of sp³-hybridized carbons (Fsp3) is 0.214. The second kappa shape index (κ2) is 12.5. The fourth-order valence-electron chi connectivity index (χ4n) is 3.66. The Labute approximate surface area is 226 Å². The zero-order valence-electron chi connectivity index (χ0n) is 21.9. The molecule has 0 bridgehead atoms. The number of aryl methyl sites for hydroxylation is 2. The van der Waals surface area contributed by atoms with Crippen molar-refractivity contribution in [3.05, 3.63) is 94.0 Å². The Kier molecular flexibility index (Phi) is 8.62. The Balaban J connectivity index is 1.54. The maximum Gasteiger partial charge on any atom is 0.271 e. The summed E-state index contributed by atoms with van der Waals surface area (Å²) in [6, 6.07) is 20.9. The average molecular weight is 527 g/mol. The number of nitrogens with zero attached hydrogens (tertiary/aromatic N) is 4. The van der Waals surface area contributed by atoms with Gasteiger partial charge in [0, 0.05) is 29.2 Å². The van der Waals surface area contributed by atoms with Crippen LogP contribution in [0.5, 0.6) is 0 Å². The summed E-state index contributed by atoms with van der Waals surface area (Å²) < 4.78 is 0. The Hall–Kier alpha value is -5.06. The number of benzene rings is 3. The first-order valence-corrected chi connectivity index (χ1v) is 12.6. The van der Waals surface area contributed by atoms with Crippen LogP contribution in [0, 0.1) is 10.1 Å². The highest BCUT2D eigenvalue weighted by Gasteiger charge is 2.17. The molecule has 3 aromatic carbocycles. The van der Waals surface area contributed by atoms with Crippen molar-refractivity contribution in [2.75, 3.05) is 21.3 Å². The molecule has 11 nitrogen and oxygen atoms in total. The van der Waals surface area contributed by atoms with Gasteiger partial charge in [-0.05, 0) is 61.2 Å². The first-order chi connectivity index (χ1) is 18.8. The molecule has 11 heteroatoms. The molecule has 0 aliphatic heterocycles. The van der Waals surface area contributed by atoms with Gasteiger partial charge in [-0.2, -0.15) is 15.0 Å². The van der Waals surface area contributed by atoms with E-state index in [1.807, 2.05) is 48.5 Å². The van der Waals surface area contributed by atoms with E-state index in [9.17, 15) is 14.9 Å². The van der Waals surface area contributed by atoms with E-state index in [0.717, 1.165) is 24.2 Å². The lowest BCUT2D eigenvalue weighted by molar-refractivity contribution is -0.384. The van der Waals surface area contributed by atoms with Crippen LogP contribution in [0.25, 0.3) is 0 Å². The second-order valence-corrected chi connectivity index (χ2v) is 8.82. The summed E-state index contributed by atoms with van der Waals surface area (Å²) in [5.41, 5.74) is 4.23. The molecule has 1 aromatic heterocycles. The third-order valence-electron chi connectivity index (χ3n) is 5.94. The monoisotopic (exact) mass is 526 g/mol. The quantitative estimate of drug-likeness (QED) is 0.140. The minimum absolute atomic E-state index is 0.115. The van der Waals surface area contributed by atoms with E-state index in [4.69, 9.17) is 0 Å². The van der Waals surface area contributed by atoms with Crippen molar-refractivity contribution >= 4 is 46.5 Å². The Morgan fingerprint density at radius 3 is 1.79 bits per heavy atom. The van der Waals surface area contributed by atoms with Crippen LogP contribution in [0.1, 0.15) is 31.9 Å². The SMILES string of the molecule is CCc1ccc(Nc2nc(Nc3ccc(CC)cc3)nc(NC(C)C(=O)Nc3cccc([N+](=O)[O-])c3)n2)cc1. The van der Waals surface area contributed by atoms with Crippen LogP contribution < -0.4 is 21.3 Å². The van der Waals surface area contributed by atoms with Gasteiger partial charge < -0.3 is 21.3 Å². The molecule has 1 unspecified atom stereocenters. The first kappa shape index (κ1) is 27.0. The van der Waals surface area contributed by atoms with E-state index in [1.54, 1.807) is 13.0 Å². The number of anilines is 6. The summed E-state index contributed by atoms with van der Waals surface area (Å²) in [5.74, 6) is 0.337. The zero-order chi connectivity index (χ0) is 27.8. The molecule has 0 aliphatic rings. The lowest BCUT2D eigenvalue weighted by Gasteiger charge is -2.16. The summed E-state index contributed by atoms with van der Waals surface area (Å²) >= 11 is 0. The third-order valence-corrected chi connectivity index (χ3v) is 5.94. The van der Waals surface area contributed by atoms with Crippen LogP contribution in [0.4, 0.5) is 40.6 Å². The number of rotatable bonds is 11. The molecule has 0 saturated carbocycles. The van der Waals surface area contributed by atoms with Gasteiger partial charge in [-0.15, -0.1) is 0 Å². The van der Waals surface area contributed by atoms with Crippen LogP contribution in [0.15, 0.2) is 72.8 Å². The molecule has 1 amide bonds. The van der Waals surface area contributed by atoms with E-state index in [1.165, 1.54) is 29.3 Å². The minimum Gasteiger partial charge on any atom is -0.342 e. The molecule has 1 heterocycles. The molecular formula is C28H30N8O3. The van der Waals surface area contributed by atoms with Crippen molar-refractivity contribution in [3.63, 3.8) is 0 Å². The highest BCUT2D eigenvalue weighted by Crippen LogP contribution is 2.21. The van der Waals surface area contributed by atoms with E-state index in [-0.39, 0.29) is 23.5 Å². The highest BCUT2D eigenvalue weighted by molar-refractivity contribution is 5.96. The minimum atomic E-state index is -0.764. The van der Waals surface area contributed by atoms with E-state index in [0.29, 0.717) is 5.69 Å². The van der Waals surface area contributed by atoms with E-state index in [2.05, 4.69) is 50.1 Å². The topological polar surface area (TPSA) is 147 Å². The van der Waals surface area contributed by atoms with E-state index < -0.39 is 16.9 Å². The highest BCUT2D eigenvalue weighted by atomic mass is 16.6. The molecular weight excluding hydrogens is 496 g/mol. The van der Waals surface area contributed by atoms with Gasteiger partial charge in [-0.3, -0.25) is 14.9 Å². The Bertz CT molecular complexity index is 1370. The summed E-state index contributed by atoms with van der Waals surface area (Å²) in [6.07, 6.45) is 1.86. The molecule has 4 aromatic rings. The standard InChI is InChI=1S/C28H30N8O3/c1-4-19-9-13-21(14-10-19)31-27-33-26(34-28(35-27)32-22-15-11-20(5-2)12-16-22)29-18(3)25(37)30-23-7-6-8-24(17-23)36(38)39/h6-18H,4-5H2,1-3H3,(H,30,37)(H3,29,31,32,33,34,35). The van der Waals surface area contributed by atoms with Gasteiger partial charge in [0.05, 0.1) is 4.92 Å². The number of nitro benzene ring substituents is 1.